The normalized spacial score (nSPS) is 13.1. The lowest BCUT2D eigenvalue weighted by atomic mass is 10.1. The van der Waals surface area contributed by atoms with Crippen molar-refractivity contribution in [2.75, 3.05) is 5.73 Å². The van der Waals surface area contributed by atoms with Crippen LogP contribution in [0, 0.1) is 0 Å². The molecule has 0 aliphatic carbocycles. The third-order valence-corrected chi connectivity index (χ3v) is 5.24. The molecular weight excluding hydrogens is 376 g/mol. The predicted molar refractivity (Wildman–Crippen MR) is 124 cm³/mol. The molecule has 0 saturated heterocycles. The summed E-state index contributed by atoms with van der Waals surface area (Å²) in [4.78, 5) is 9.42. The summed E-state index contributed by atoms with van der Waals surface area (Å²) in [7, 11) is 0. The topological polar surface area (TPSA) is 97.2 Å². The first-order valence-corrected chi connectivity index (χ1v) is 10.4. The van der Waals surface area contributed by atoms with Gasteiger partial charge in [0.05, 0.1) is 23.3 Å². The summed E-state index contributed by atoms with van der Waals surface area (Å²) in [6.45, 7) is 9.81. The number of nitrogen functional groups attached to an aromatic ring is 1. The Kier molecular flexibility index (Phi) is 6.45. The highest BCUT2D eigenvalue weighted by atomic mass is 16.3. The molecule has 0 aliphatic rings. The number of benzene rings is 1. The Bertz CT molecular complexity index is 1150. The van der Waals surface area contributed by atoms with Gasteiger partial charge in [-0.1, -0.05) is 39.0 Å². The lowest BCUT2D eigenvalue weighted by Crippen LogP contribution is -2.08. The Morgan fingerprint density at radius 1 is 1.23 bits per heavy atom. The van der Waals surface area contributed by atoms with Gasteiger partial charge < -0.3 is 20.5 Å². The van der Waals surface area contributed by atoms with Crippen LogP contribution in [0.1, 0.15) is 45.0 Å². The molecule has 0 unspecified atom stereocenters. The standard InChI is InChI=1S/C24H30N4O2/c1-5-8-9-21-27-22-23(28(21)14-17(12-15(4)29)20(30)7-3)18-11-10-16(6-2)13-19(18)26-24(22)25/h7,10-13,29-30H,3,5-6,8-9,14H2,1-2,4H3,(H2,25,26)/b15-12+,20-17-. The second-order valence-electron chi connectivity index (χ2n) is 7.52. The Labute approximate surface area is 177 Å². The minimum Gasteiger partial charge on any atom is -0.513 e. The van der Waals surface area contributed by atoms with Gasteiger partial charge >= 0.3 is 0 Å². The van der Waals surface area contributed by atoms with E-state index in [4.69, 9.17) is 10.7 Å². The van der Waals surface area contributed by atoms with E-state index in [9.17, 15) is 10.2 Å². The molecule has 0 radical (unpaired) electrons. The molecule has 4 N–H and O–H groups in total. The van der Waals surface area contributed by atoms with Crippen LogP contribution in [-0.2, 0) is 19.4 Å². The number of fused-ring (bicyclic) bond motifs is 3. The maximum Gasteiger partial charge on any atom is 0.152 e. The van der Waals surface area contributed by atoms with Gasteiger partial charge in [0, 0.05) is 17.4 Å². The van der Waals surface area contributed by atoms with E-state index in [1.807, 2.05) is 0 Å². The van der Waals surface area contributed by atoms with E-state index in [0.29, 0.717) is 23.5 Å². The van der Waals surface area contributed by atoms with Crippen LogP contribution in [0.15, 0.2) is 54.0 Å². The van der Waals surface area contributed by atoms with Gasteiger partial charge in [-0.3, -0.25) is 0 Å². The summed E-state index contributed by atoms with van der Waals surface area (Å²) in [5, 5.41) is 21.2. The van der Waals surface area contributed by atoms with Crippen molar-refractivity contribution in [1.29, 1.82) is 0 Å². The number of aliphatic hydroxyl groups is 2. The van der Waals surface area contributed by atoms with Gasteiger partial charge in [0.2, 0.25) is 0 Å². The van der Waals surface area contributed by atoms with Crippen molar-refractivity contribution in [2.24, 2.45) is 0 Å². The average molecular weight is 407 g/mol. The Hall–Kier alpha value is -3.28. The van der Waals surface area contributed by atoms with Crippen LogP contribution >= 0.6 is 0 Å². The number of unbranched alkanes of at least 4 members (excludes halogenated alkanes) is 1. The molecule has 0 aliphatic heterocycles. The Morgan fingerprint density at radius 3 is 2.63 bits per heavy atom. The number of hydrogen-bond acceptors (Lipinski definition) is 5. The van der Waals surface area contributed by atoms with Crippen molar-refractivity contribution in [3.63, 3.8) is 0 Å². The van der Waals surface area contributed by atoms with Gasteiger partial charge in [-0.2, -0.15) is 0 Å². The lowest BCUT2D eigenvalue weighted by molar-refractivity contribution is 0.406. The molecule has 0 bridgehead atoms. The number of aliphatic hydroxyl groups excluding tert-OH is 2. The predicted octanol–water partition coefficient (Wildman–Crippen LogP) is 5.53. The molecule has 1 aromatic carbocycles. The van der Waals surface area contributed by atoms with Crippen molar-refractivity contribution < 1.29 is 10.2 Å². The third kappa shape index (κ3) is 4.17. The van der Waals surface area contributed by atoms with Crippen molar-refractivity contribution in [1.82, 2.24) is 14.5 Å². The molecule has 6 heteroatoms. The van der Waals surface area contributed by atoms with Crippen LogP contribution in [0.4, 0.5) is 5.82 Å². The van der Waals surface area contributed by atoms with Crippen molar-refractivity contribution in [3.8, 4) is 0 Å². The average Bonchev–Trinajstić information content (AvgIpc) is 3.09. The summed E-state index contributed by atoms with van der Waals surface area (Å²) in [6.07, 6.45) is 6.64. The van der Waals surface area contributed by atoms with Gasteiger partial charge in [-0.05, 0) is 43.5 Å². The number of aryl methyl sites for hydroxylation is 2. The van der Waals surface area contributed by atoms with E-state index >= 15 is 0 Å². The first-order chi connectivity index (χ1) is 14.4. The first kappa shape index (κ1) is 21.4. The number of rotatable bonds is 8. The fourth-order valence-electron chi connectivity index (χ4n) is 3.67. The van der Waals surface area contributed by atoms with Crippen molar-refractivity contribution >= 4 is 27.8 Å². The maximum atomic E-state index is 10.4. The molecule has 158 valence electrons. The molecule has 2 aromatic heterocycles. The molecule has 3 rings (SSSR count). The number of hydrogen-bond donors (Lipinski definition) is 3. The highest BCUT2D eigenvalue weighted by molar-refractivity contribution is 6.06. The van der Waals surface area contributed by atoms with E-state index in [1.54, 1.807) is 13.0 Å². The summed E-state index contributed by atoms with van der Waals surface area (Å²) < 4.78 is 2.07. The van der Waals surface area contributed by atoms with Gasteiger partial charge in [0.25, 0.3) is 0 Å². The van der Waals surface area contributed by atoms with Crippen LogP contribution in [-0.4, -0.2) is 24.7 Å². The molecule has 0 fully saturated rings. The number of nitrogens with two attached hydrogens (primary N) is 1. The Morgan fingerprint density at radius 2 is 2.00 bits per heavy atom. The summed E-state index contributed by atoms with van der Waals surface area (Å²) in [5.74, 6) is 1.41. The zero-order chi connectivity index (χ0) is 21.8. The highest BCUT2D eigenvalue weighted by Crippen LogP contribution is 2.31. The molecule has 0 saturated carbocycles. The summed E-state index contributed by atoms with van der Waals surface area (Å²) in [6, 6.07) is 6.22. The van der Waals surface area contributed by atoms with E-state index in [2.05, 4.69) is 48.2 Å². The quantitative estimate of drug-likeness (QED) is 0.337. The van der Waals surface area contributed by atoms with E-state index in [-0.39, 0.29) is 11.5 Å². The van der Waals surface area contributed by atoms with E-state index in [1.165, 1.54) is 11.6 Å². The molecular formula is C24H30N4O2. The molecule has 6 nitrogen and oxygen atoms in total. The number of allylic oxidation sites excluding steroid dienone is 4. The number of nitrogens with zero attached hydrogens (tertiary/aromatic N) is 3. The number of anilines is 1. The number of imidazole rings is 1. The third-order valence-electron chi connectivity index (χ3n) is 5.24. The van der Waals surface area contributed by atoms with Gasteiger partial charge in [0.1, 0.15) is 17.1 Å². The van der Waals surface area contributed by atoms with Gasteiger partial charge in [-0.15, -0.1) is 0 Å². The van der Waals surface area contributed by atoms with Crippen LogP contribution in [0.25, 0.3) is 21.9 Å². The SMILES string of the molecule is C=C/C(O)=C(\C=C(/C)O)Cn1c(CCCC)nc2c(N)nc3cc(CC)ccc3c21. The van der Waals surface area contributed by atoms with Crippen LogP contribution in [0.5, 0.6) is 0 Å². The van der Waals surface area contributed by atoms with Gasteiger partial charge in [-0.25, -0.2) is 9.97 Å². The molecule has 0 atom stereocenters. The zero-order valence-electron chi connectivity index (χ0n) is 17.9. The maximum absolute atomic E-state index is 10.4. The van der Waals surface area contributed by atoms with Crippen molar-refractivity contribution in [2.45, 2.75) is 53.0 Å². The first-order valence-electron chi connectivity index (χ1n) is 10.4. The molecule has 3 aromatic rings. The van der Waals surface area contributed by atoms with Crippen LogP contribution in [0.2, 0.25) is 0 Å². The van der Waals surface area contributed by atoms with Crippen LogP contribution in [0.3, 0.4) is 0 Å². The molecule has 0 amide bonds. The summed E-state index contributed by atoms with van der Waals surface area (Å²) >= 11 is 0. The smallest absolute Gasteiger partial charge is 0.152 e. The second-order valence-corrected chi connectivity index (χ2v) is 7.52. The second kappa shape index (κ2) is 9.03. The van der Waals surface area contributed by atoms with Crippen molar-refractivity contribution in [3.05, 3.63) is 65.4 Å². The molecule has 0 spiro atoms. The van der Waals surface area contributed by atoms with Crippen LogP contribution < -0.4 is 5.73 Å². The fourth-order valence-corrected chi connectivity index (χ4v) is 3.67. The van der Waals surface area contributed by atoms with Gasteiger partial charge in [0.15, 0.2) is 5.82 Å². The fraction of sp³-hybridized carbons (Fsp3) is 0.333. The number of aromatic nitrogens is 3. The lowest BCUT2D eigenvalue weighted by Gasteiger charge is -2.13. The minimum absolute atomic E-state index is 0.0197. The number of pyridine rings is 1. The monoisotopic (exact) mass is 406 g/mol. The molecule has 2 heterocycles. The van der Waals surface area contributed by atoms with E-state index in [0.717, 1.165) is 47.9 Å². The Balaban J connectivity index is 2.33. The minimum atomic E-state index is 0.0197. The highest BCUT2D eigenvalue weighted by Gasteiger charge is 2.19. The van der Waals surface area contributed by atoms with E-state index < -0.39 is 0 Å². The summed E-state index contributed by atoms with van der Waals surface area (Å²) in [5.41, 5.74) is 10.4. The molecule has 30 heavy (non-hydrogen) atoms. The largest absolute Gasteiger partial charge is 0.513 e. The zero-order valence-corrected chi connectivity index (χ0v) is 17.9.